The fourth-order valence-electron chi connectivity index (χ4n) is 3.89. The zero-order chi connectivity index (χ0) is 13.5. The molecule has 19 heavy (non-hydrogen) atoms. The SMILES string of the molecule is CC(NC1CCC(C)(C)C1)c1ccc2c(c1)CCC2. The van der Waals surface area contributed by atoms with Gasteiger partial charge in [-0.05, 0) is 67.6 Å². The lowest BCUT2D eigenvalue weighted by atomic mass is 9.91. The third kappa shape index (κ3) is 2.86. The van der Waals surface area contributed by atoms with Gasteiger partial charge in [-0.25, -0.2) is 0 Å². The van der Waals surface area contributed by atoms with E-state index in [9.17, 15) is 0 Å². The van der Waals surface area contributed by atoms with Gasteiger partial charge in [0.2, 0.25) is 0 Å². The van der Waals surface area contributed by atoms with Crippen molar-refractivity contribution in [3.8, 4) is 0 Å². The second-order valence-electron chi connectivity index (χ2n) is 7.37. The van der Waals surface area contributed by atoms with Crippen LogP contribution >= 0.6 is 0 Å². The Bertz CT molecular complexity index is 461. The van der Waals surface area contributed by atoms with Crippen molar-refractivity contribution in [1.82, 2.24) is 5.32 Å². The van der Waals surface area contributed by atoms with Crippen molar-refractivity contribution >= 4 is 0 Å². The van der Waals surface area contributed by atoms with Crippen LogP contribution in [0.3, 0.4) is 0 Å². The van der Waals surface area contributed by atoms with Gasteiger partial charge in [-0.1, -0.05) is 32.0 Å². The first-order valence-corrected chi connectivity index (χ1v) is 7.91. The molecule has 1 heteroatoms. The zero-order valence-corrected chi connectivity index (χ0v) is 12.6. The van der Waals surface area contributed by atoms with Gasteiger partial charge in [-0.2, -0.15) is 0 Å². The van der Waals surface area contributed by atoms with Crippen molar-refractivity contribution in [1.29, 1.82) is 0 Å². The van der Waals surface area contributed by atoms with Crippen molar-refractivity contribution in [3.63, 3.8) is 0 Å². The molecule has 3 rings (SSSR count). The van der Waals surface area contributed by atoms with Gasteiger partial charge < -0.3 is 5.32 Å². The van der Waals surface area contributed by atoms with Crippen LogP contribution in [0.2, 0.25) is 0 Å². The molecular formula is C18H27N. The molecule has 0 amide bonds. The highest BCUT2D eigenvalue weighted by Crippen LogP contribution is 2.38. The van der Waals surface area contributed by atoms with Gasteiger partial charge in [0.25, 0.3) is 0 Å². The van der Waals surface area contributed by atoms with Crippen LogP contribution in [-0.4, -0.2) is 6.04 Å². The molecule has 2 aliphatic rings. The summed E-state index contributed by atoms with van der Waals surface area (Å²) < 4.78 is 0. The Hall–Kier alpha value is -0.820. The van der Waals surface area contributed by atoms with Crippen LogP contribution < -0.4 is 5.32 Å². The largest absolute Gasteiger partial charge is 0.307 e. The number of hydrogen-bond donors (Lipinski definition) is 1. The molecule has 1 saturated carbocycles. The Balaban J connectivity index is 1.66. The van der Waals surface area contributed by atoms with Crippen LogP contribution in [0.15, 0.2) is 18.2 Å². The molecule has 1 nitrogen and oxygen atoms in total. The summed E-state index contributed by atoms with van der Waals surface area (Å²) in [4.78, 5) is 0. The predicted octanol–water partition coefficient (Wildman–Crippen LogP) is 4.40. The minimum absolute atomic E-state index is 0.491. The molecule has 0 spiro atoms. The Morgan fingerprint density at radius 2 is 2.00 bits per heavy atom. The Labute approximate surface area is 117 Å². The van der Waals surface area contributed by atoms with E-state index in [1.807, 2.05) is 0 Å². The van der Waals surface area contributed by atoms with Crippen molar-refractivity contribution < 1.29 is 0 Å². The van der Waals surface area contributed by atoms with Gasteiger partial charge in [-0.15, -0.1) is 0 Å². The van der Waals surface area contributed by atoms with E-state index in [1.165, 1.54) is 44.1 Å². The van der Waals surface area contributed by atoms with Crippen LogP contribution in [0.1, 0.15) is 69.2 Å². The molecule has 2 unspecified atom stereocenters. The lowest BCUT2D eigenvalue weighted by Crippen LogP contribution is -2.30. The van der Waals surface area contributed by atoms with Crippen LogP contribution in [0.4, 0.5) is 0 Å². The van der Waals surface area contributed by atoms with E-state index < -0.39 is 0 Å². The second kappa shape index (κ2) is 4.94. The van der Waals surface area contributed by atoms with E-state index in [0.29, 0.717) is 17.5 Å². The number of hydrogen-bond acceptors (Lipinski definition) is 1. The molecule has 0 heterocycles. The standard InChI is InChI=1S/C18H27N/c1-13(19-17-9-10-18(2,3)12-17)15-8-7-14-5-4-6-16(14)11-15/h7-8,11,13,17,19H,4-6,9-10,12H2,1-3H3. The molecule has 2 aliphatic carbocycles. The highest BCUT2D eigenvalue weighted by atomic mass is 15.0. The topological polar surface area (TPSA) is 12.0 Å². The maximum absolute atomic E-state index is 3.84. The van der Waals surface area contributed by atoms with Gasteiger partial charge in [0, 0.05) is 12.1 Å². The number of benzene rings is 1. The molecule has 1 N–H and O–H groups in total. The van der Waals surface area contributed by atoms with Gasteiger partial charge >= 0.3 is 0 Å². The molecule has 0 saturated heterocycles. The summed E-state index contributed by atoms with van der Waals surface area (Å²) in [5, 5.41) is 3.84. The molecule has 104 valence electrons. The molecule has 0 aliphatic heterocycles. The minimum atomic E-state index is 0.491. The summed E-state index contributed by atoms with van der Waals surface area (Å²) in [5.74, 6) is 0. The third-order valence-electron chi connectivity index (χ3n) is 5.08. The van der Waals surface area contributed by atoms with Gasteiger partial charge in [-0.3, -0.25) is 0 Å². The highest BCUT2D eigenvalue weighted by molar-refractivity contribution is 5.36. The second-order valence-corrected chi connectivity index (χ2v) is 7.37. The zero-order valence-electron chi connectivity index (χ0n) is 12.6. The molecule has 0 bridgehead atoms. The van der Waals surface area contributed by atoms with Gasteiger partial charge in [0.1, 0.15) is 0 Å². The summed E-state index contributed by atoms with van der Waals surface area (Å²) in [6.07, 6.45) is 7.93. The van der Waals surface area contributed by atoms with E-state index in [4.69, 9.17) is 0 Å². The summed E-state index contributed by atoms with van der Waals surface area (Å²) in [6.45, 7) is 7.12. The smallest absolute Gasteiger partial charge is 0.0294 e. The average Bonchev–Trinajstić information content (AvgIpc) is 2.94. The molecule has 1 aromatic carbocycles. The summed E-state index contributed by atoms with van der Waals surface area (Å²) >= 11 is 0. The average molecular weight is 257 g/mol. The molecule has 2 atom stereocenters. The maximum atomic E-state index is 3.84. The Morgan fingerprint density at radius 1 is 1.21 bits per heavy atom. The summed E-state index contributed by atoms with van der Waals surface area (Å²) in [5.41, 5.74) is 5.19. The first-order chi connectivity index (χ1) is 9.03. The number of rotatable bonds is 3. The van der Waals surface area contributed by atoms with Crippen LogP contribution in [0.5, 0.6) is 0 Å². The normalized spacial score (nSPS) is 26.4. The molecule has 1 aromatic rings. The first-order valence-electron chi connectivity index (χ1n) is 7.91. The maximum Gasteiger partial charge on any atom is 0.0294 e. The number of nitrogens with one attached hydrogen (secondary N) is 1. The molecule has 0 radical (unpaired) electrons. The highest BCUT2D eigenvalue weighted by Gasteiger charge is 2.31. The Kier molecular flexibility index (Phi) is 3.42. The molecule has 1 fully saturated rings. The molecular weight excluding hydrogens is 230 g/mol. The van der Waals surface area contributed by atoms with Crippen molar-refractivity contribution in [2.24, 2.45) is 5.41 Å². The third-order valence-corrected chi connectivity index (χ3v) is 5.08. The van der Waals surface area contributed by atoms with Crippen molar-refractivity contribution in [2.45, 2.75) is 71.4 Å². The summed E-state index contributed by atoms with van der Waals surface area (Å²) in [7, 11) is 0. The lowest BCUT2D eigenvalue weighted by Gasteiger charge is -2.22. The van der Waals surface area contributed by atoms with Crippen molar-refractivity contribution in [3.05, 3.63) is 34.9 Å². The van der Waals surface area contributed by atoms with Crippen LogP contribution in [0.25, 0.3) is 0 Å². The quantitative estimate of drug-likeness (QED) is 0.846. The fourth-order valence-corrected chi connectivity index (χ4v) is 3.89. The van der Waals surface area contributed by atoms with E-state index in [2.05, 4.69) is 44.3 Å². The minimum Gasteiger partial charge on any atom is -0.307 e. The predicted molar refractivity (Wildman–Crippen MR) is 81.4 cm³/mol. The van der Waals surface area contributed by atoms with Crippen LogP contribution in [-0.2, 0) is 12.8 Å². The lowest BCUT2D eigenvalue weighted by molar-refractivity contribution is 0.356. The van der Waals surface area contributed by atoms with Crippen molar-refractivity contribution in [2.75, 3.05) is 0 Å². The van der Waals surface area contributed by atoms with E-state index >= 15 is 0 Å². The number of aryl methyl sites for hydroxylation is 2. The summed E-state index contributed by atoms with van der Waals surface area (Å²) in [6, 6.07) is 8.33. The van der Waals surface area contributed by atoms with Crippen LogP contribution in [0, 0.1) is 5.41 Å². The molecule has 0 aromatic heterocycles. The van der Waals surface area contributed by atoms with E-state index in [0.717, 1.165) is 0 Å². The van der Waals surface area contributed by atoms with Gasteiger partial charge in [0.05, 0.1) is 0 Å². The number of fused-ring (bicyclic) bond motifs is 1. The monoisotopic (exact) mass is 257 g/mol. The first kappa shape index (κ1) is 13.2. The van der Waals surface area contributed by atoms with Gasteiger partial charge in [0.15, 0.2) is 0 Å². The fraction of sp³-hybridized carbons (Fsp3) is 0.667. The Morgan fingerprint density at radius 3 is 2.74 bits per heavy atom. The van der Waals surface area contributed by atoms with E-state index in [-0.39, 0.29) is 0 Å². The van der Waals surface area contributed by atoms with E-state index in [1.54, 1.807) is 11.1 Å².